The minimum absolute atomic E-state index is 0.0226. The summed E-state index contributed by atoms with van der Waals surface area (Å²) in [6.45, 7) is 11.5. The highest BCUT2D eigenvalue weighted by Gasteiger charge is 2.44. The number of allylic oxidation sites excluding steroid dienone is 2. The number of rotatable bonds is 7. The lowest BCUT2D eigenvalue weighted by Crippen LogP contribution is -2.56. The van der Waals surface area contributed by atoms with Crippen LogP contribution in [-0.2, 0) is 14.3 Å². The first kappa shape index (κ1) is 26.5. The highest BCUT2D eigenvalue weighted by atomic mass is 16.7. The van der Waals surface area contributed by atoms with Crippen LogP contribution in [0.25, 0.3) is 0 Å². The van der Waals surface area contributed by atoms with Gasteiger partial charge in [-0.05, 0) is 75.3 Å². The van der Waals surface area contributed by atoms with Crippen LogP contribution in [0.5, 0.6) is 11.5 Å². The molecule has 7 atom stereocenters. The van der Waals surface area contributed by atoms with Crippen LogP contribution in [0.4, 0.5) is 0 Å². The summed E-state index contributed by atoms with van der Waals surface area (Å²) in [4.78, 5) is 11.4. The van der Waals surface area contributed by atoms with Crippen LogP contribution in [0.15, 0.2) is 17.7 Å². The fourth-order valence-electron chi connectivity index (χ4n) is 5.24. The smallest absolute Gasteiger partial charge is 0.303 e. The van der Waals surface area contributed by atoms with Gasteiger partial charge in [0.25, 0.3) is 0 Å². The predicted octanol–water partition coefficient (Wildman–Crippen LogP) is 4.45. The lowest BCUT2D eigenvalue weighted by Gasteiger charge is -2.39. The topological polar surface area (TPSA) is 105 Å². The van der Waals surface area contributed by atoms with Crippen LogP contribution < -0.4 is 4.74 Å². The average Bonchev–Trinajstić information content (AvgIpc) is 2.75. The van der Waals surface area contributed by atoms with Crippen molar-refractivity contribution in [3.8, 4) is 11.5 Å². The summed E-state index contributed by atoms with van der Waals surface area (Å²) in [7, 11) is 0. The standard InChI is InChI=1S/C27H40O7/c1-14(2)8-7-9-15(3)19-11-10-16(4)22-20(19)12-17(5)23(30)26(22)34-27-24(31)25(33-18(6)28)21(29)13-32-27/h8,12,15-16,19,21,24-25,27,29-31H,7,9-11,13H2,1-6H3/t15-,16-,19-,21-,24+,25+,27+/m0/s1. The maximum atomic E-state index is 11.4. The monoisotopic (exact) mass is 476 g/mol. The molecule has 1 aromatic rings. The van der Waals surface area contributed by atoms with E-state index in [-0.39, 0.29) is 18.3 Å². The van der Waals surface area contributed by atoms with Gasteiger partial charge in [0.05, 0.1) is 6.61 Å². The van der Waals surface area contributed by atoms with Gasteiger partial charge >= 0.3 is 5.97 Å². The number of aryl methyl sites for hydroxylation is 1. The van der Waals surface area contributed by atoms with Gasteiger partial charge in [-0.15, -0.1) is 0 Å². The van der Waals surface area contributed by atoms with E-state index >= 15 is 0 Å². The lowest BCUT2D eigenvalue weighted by atomic mass is 9.70. The maximum absolute atomic E-state index is 11.4. The molecule has 0 radical (unpaired) electrons. The van der Waals surface area contributed by atoms with E-state index in [0.29, 0.717) is 23.1 Å². The third kappa shape index (κ3) is 5.75. The second kappa shape index (κ2) is 11.1. The lowest BCUT2D eigenvalue weighted by molar-refractivity contribution is -0.249. The van der Waals surface area contributed by atoms with Crippen molar-refractivity contribution in [1.82, 2.24) is 0 Å². The molecule has 0 saturated carbocycles. The van der Waals surface area contributed by atoms with E-state index in [2.05, 4.69) is 39.8 Å². The maximum Gasteiger partial charge on any atom is 0.303 e. The SMILES string of the molecule is CC(=O)O[C@H]1[C@@H](O)[C@@H](Oc2c(O)c(C)cc3c2[C@@H](C)CC[C@H]3[C@@H](C)CCC=C(C)C)OC[C@@H]1O. The Morgan fingerprint density at radius 2 is 1.97 bits per heavy atom. The van der Waals surface area contributed by atoms with E-state index in [0.717, 1.165) is 31.2 Å². The van der Waals surface area contributed by atoms with Crippen LogP contribution in [0.3, 0.4) is 0 Å². The number of phenolic OH excluding ortho intramolecular Hbond substituents is 1. The fraction of sp³-hybridized carbons (Fsp3) is 0.667. The average molecular weight is 477 g/mol. The normalized spacial score (nSPS) is 29.6. The van der Waals surface area contributed by atoms with Gasteiger partial charge in [0, 0.05) is 12.5 Å². The molecular formula is C27H40O7. The van der Waals surface area contributed by atoms with Crippen LogP contribution in [0.2, 0.25) is 0 Å². The molecule has 3 rings (SSSR count). The molecule has 1 aliphatic heterocycles. The van der Waals surface area contributed by atoms with Gasteiger partial charge in [0.2, 0.25) is 6.29 Å². The van der Waals surface area contributed by atoms with Crippen molar-refractivity contribution in [2.75, 3.05) is 6.61 Å². The van der Waals surface area contributed by atoms with Crippen molar-refractivity contribution >= 4 is 5.97 Å². The highest BCUT2D eigenvalue weighted by Crippen LogP contribution is 2.51. The van der Waals surface area contributed by atoms with Crippen LogP contribution in [-0.4, -0.2) is 52.5 Å². The summed E-state index contributed by atoms with van der Waals surface area (Å²) in [5.74, 6) is 0.677. The Morgan fingerprint density at radius 3 is 2.62 bits per heavy atom. The third-order valence-corrected chi connectivity index (χ3v) is 7.14. The number of carbonyl (C=O) groups is 1. The molecule has 1 heterocycles. The Hall–Kier alpha value is -2.09. The molecule has 0 bridgehead atoms. The zero-order valence-electron chi connectivity index (χ0n) is 21.2. The second-order valence-corrected chi connectivity index (χ2v) is 10.2. The summed E-state index contributed by atoms with van der Waals surface area (Å²) in [5.41, 5.74) is 4.14. The molecule has 190 valence electrons. The Bertz CT molecular complexity index is 905. The van der Waals surface area contributed by atoms with Gasteiger partial charge in [-0.1, -0.05) is 31.6 Å². The molecule has 7 nitrogen and oxygen atoms in total. The van der Waals surface area contributed by atoms with Crippen LogP contribution in [0, 0.1) is 12.8 Å². The zero-order chi connectivity index (χ0) is 25.2. The molecule has 3 N–H and O–H groups in total. The summed E-state index contributed by atoms with van der Waals surface area (Å²) in [5, 5.41) is 31.9. The third-order valence-electron chi connectivity index (χ3n) is 7.14. The molecule has 0 aromatic heterocycles. The van der Waals surface area contributed by atoms with E-state index in [1.54, 1.807) is 0 Å². The van der Waals surface area contributed by atoms with Gasteiger partial charge in [0.1, 0.15) is 6.10 Å². The first-order valence-electron chi connectivity index (χ1n) is 12.3. The van der Waals surface area contributed by atoms with E-state index in [1.165, 1.54) is 18.1 Å². The van der Waals surface area contributed by atoms with E-state index in [1.807, 2.05) is 6.92 Å². The summed E-state index contributed by atoms with van der Waals surface area (Å²) >= 11 is 0. The van der Waals surface area contributed by atoms with E-state index in [9.17, 15) is 20.1 Å². The Morgan fingerprint density at radius 1 is 1.26 bits per heavy atom. The van der Waals surface area contributed by atoms with Crippen molar-refractivity contribution in [3.63, 3.8) is 0 Å². The molecular weight excluding hydrogens is 436 g/mol. The first-order chi connectivity index (χ1) is 16.0. The fourth-order valence-corrected chi connectivity index (χ4v) is 5.24. The van der Waals surface area contributed by atoms with E-state index in [4.69, 9.17) is 14.2 Å². The number of carbonyl (C=O) groups excluding carboxylic acids is 1. The van der Waals surface area contributed by atoms with Gasteiger partial charge in [-0.2, -0.15) is 0 Å². The molecule has 2 aliphatic rings. The summed E-state index contributed by atoms with van der Waals surface area (Å²) in [6, 6.07) is 2.07. The molecule has 7 heteroatoms. The minimum Gasteiger partial charge on any atom is -0.504 e. The number of aliphatic hydroxyl groups excluding tert-OH is 2. The Kier molecular flexibility index (Phi) is 8.66. The molecule has 0 unspecified atom stereocenters. The van der Waals surface area contributed by atoms with Crippen molar-refractivity contribution in [2.45, 2.75) is 104 Å². The Labute approximate surface area is 202 Å². The number of ether oxygens (including phenoxy) is 3. The molecule has 0 amide bonds. The van der Waals surface area contributed by atoms with Crippen molar-refractivity contribution in [1.29, 1.82) is 0 Å². The van der Waals surface area contributed by atoms with Gasteiger partial charge < -0.3 is 29.5 Å². The zero-order valence-corrected chi connectivity index (χ0v) is 21.2. The van der Waals surface area contributed by atoms with Crippen molar-refractivity contribution in [3.05, 3.63) is 34.4 Å². The number of benzene rings is 1. The number of hydrogen-bond donors (Lipinski definition) is 3. The highest BCUT2D eigenvalue weighted by molar-refractivity contribution is 5.66. The molecule has 1 aliphatic carbocycles. The first-order valence-corrected chi connectivity index (χ1v) is 12.3. The number of hydrogen-bond acceptors (Lipinski definition) is 7. The number of esters is 1. The minimum atomic E-state index is -1.40. The van der Waals surface area contributed by atoms with Gasteiger partial charge in [0.15, 0.2) is 23.7 Å². The Balaban J connectivity index is 1.92. The van der Waals surface area contributed by atoms with Gasteiger partial charge in [-0.3, -0.25) is 4.79 Å². The quantitative estimate of drug-likeness (QED) is 0.394. The molecule has 1 fully saturated rings. The summed E-state index contributed by atoms with van der Waals surface area (Å²) in [6.07, 6.45) is 1.49. The molecule has 1 saturated heterocycles. The van der Waals surface area contributed by atoms with Crippen molar-refractivity contribution < 1.29 is 34.3 Å². The number of aromatic hydroxyl groups is 1. The number of phenols is 1. The van der Waals surface area contributed by atoms with Crippen LogP contribution >= 0.6 is 0 Å². The predicted molar refractivity (Wildman–Crippen MR) is 129 cm³/mol. The molecule has 0 spiro atoms. The van der Waals surface area contributed by atoms with Gasteiger partial charge in [-0.25, -0.2) is 0 Å². The summed E-state index contributed by atoms with van der Waals surface area (Å²) < 4.78 is 16.8. The largest absolute Gasteiger partial charge is 0.504 e. The molecule has 34 heavy (non-hydrogen) atoms. The van der Waals surface area contributed by atoms with Crippen LogP contribution in [0.1, 0.15) is 88.8 Å². The van der Waals surface area contributed by atoms with E-state index < -0.39 is 30.6 Å². The number of fused-ring (bicyclic) bond motifs is 1. The van der Waals surface area contributed by atoms with Crippen molar-refractivity contribution in [2.24, 2.45) is 5.92 Å². The molecule has 1 aromatic carbocycles. The second-order valence-electron chi connectivity index (χ2n) is 10.2. The number of aliphatic hydroxyl groups is 2.